The smallest absolute Gasteiger partial charge is 0.225 e. The molecular weight excluding hydrogens is 332 g/mol. The molecule has 1 atom stereocenters. The van der Waals surface area contributed by atoms with Crippen molar-refractivity contribution in [3.05, 3.63) is 35.9 Å². The minimum absolute atomic E-state index is 0.114. The zero-order valence-electron chi connectivity index (χ0n) is 15.7. The average molecular weight is 358 g/mol. The average Bonchev–Trinajstić information content (AvgIpc) is 2.67. The van der Waals surface area contributed by atoms with Gasteiger partial charge in [0.05, 0.1) is 14.2 Å². The van der Waals surface area contributed by atoms with Crippen LogP contribution < -0.4 is 20.1 Å². The molecule has 7 heteroatoms. The van der Waals surface area contributed by atoms with E-state index in [2.05, 4.69) is 34.7 Å². The van der Waals surface area contributed by atoms with Crippen LogP contribution in [-0.2, 0) is 11.2 Å². The van der Waals surface area contributed by atoms with E-state index in [1.54, 1.807) is 20.3 Å². The molecule has 0 saturated carbocycles. The van der Waals surface area contributed by atoms with Crippen LogP contribution >= 0.6 is 0 Å². The van der Waals surface area contributed by atoms with Crippen LogP contribution in [0.1, 0.15) is 32.3 Å². The molecule has 0 spiro atoms. The molecule has 0 radical (unpaired) electrons. The second kappa shape index (κ2) is 9.60. The zero-order chi connectivity index (χ0) is 18.9. The van der Waals surface area contributed by atoms with Gasteiger partial charge in [-0.3, -0.25) is 4.79 Å². The maximum Gasteiger partial charge on any atom is 0.225 e. The highest BCUT2D eigenvalue weighted by Crippen LogP contribution is 2.28. The zero-order valence-corrected chi connectivity index (χ0v) is 15.7. The fourth-order valence-electron chi connectivity index (χ4n) is 2.33. The molecule has 2 N–H and O–H groups in total. The highest BCUT2D eigenvalue weighted by Gasteiger charge is 2.08. The van der Waals surface area contributed by atoms with Crippen molar-refractivity contribution < 1.29 is 14.3 Å². The van der Waals surface area contributed by atoms with Crippen LogP contribution in [0.2, 0.25) is 0 Å². The van der Waals surface area contributed by atoms with E-state index in [4.69, 9.17) is 9.47 Å². The molecule has 1 amide bonds. The van der Waals surface area contributed by atoms with Crippen molar-refractivity contribution in [3.63, 3.8) is 0 Å². The fraction of sp³-hybridized carbons (Fsp3) is 0.421. The van der Waals surface area contributed by atoms with Gasteiger partial charge in [0, 0.05) is 12.5 Å². The summed E-state index contributed by atoms with van der Waals surface area (Å²) in [5, 5.41) is 14.1. The number of amides is 1. The van der Waals surface area contributed by atoms with Gasteiger partial charge in [-0.25, -0.2) is 0 Å². The van der Waals surface area contributed by atoms with Crippen LogP contribution in [0.5, 0.6) is 11.5 Å². The van der Waals surface area contributed by atoms with E-state index < -0.39 is 0 Å². The summed E-state index contributed by atoms with van der Waals surface area (Å²) in [5.74, 6) is 2.35. The second-order valence-corrected chi connectivity index (χ2v) is 5.99. The summed E-state index contributed by atoms with van der Waals surface area (Å²) in [4.78, 5) is 12.1. The van der Waals surface area contributed by atoms with Crippen molar-refractivity contribution in [2.45, 2.75) is 39.2 Å². The fourth-order valence-corrected chi connectivity index (χ4v) is 2.33. The molecule has 0 aliphatic heterocycles. The van der Waals surface area contributed by atoms with Gasteiger partial charge >= 0.3 is 0 Å². The maximum atomic E-state index is 12.1. The monoisotopic (exact) mass is 358 g/mol. The molecular formula is C19H26N4O3. The third kappa shape index (κ3) is 5.61. The highest BCUT2D eigenvalue weighted by atomic mass is 16.5. The van der Waals surface area contributed by atoms with Crippen molar-refractivity contribution >= 4 is 17.5 Å². The number of nitrogens with one attached hydrogen (secondary N) is 2. The summed E-state index contributed by atoms with van der Waals surface area (Å²) >= 11 is 0. The van der Waals surface area contributed by atoms with Crippen molar-refractivity contribution in [1.29, 1.82) is 0 Å². The number of benzene rings is 1. The Bertz CT molecular complexity index is 719. The van der Waals surface area contributed by atoms with E-state index >= 15 is 0 Å². The number of carbonyl (C=O) groups excluding carboxylic acids is 1. The van der Waals surface area contributed by atoms with E-state index in [0.29, 0.717) is 42.0 Å². The third-order valence-corrected chi connectivity index (χ3v) is 4.03. The Balaban J connectivity index is 1.87. The van der Waals surface area contributed by atoms with Crippen LogP contribution in [0.15, 0.2) is 30.3 Å². The molecule has 1 aromatic carbocycles. The summed E-state index contributed by atoms with van der Waals surface area (Å²) < 4.78 is 10.5. The Morgan fingerprint density at radius 1 is 1.08 bits per heavy atom. The molecule has 1 heterocycles. The standard InChI is InChI=1S/C19H26N4O3/c1-5-13(2)20-17-9-10-18(23-22-17)21-19(24)11-7-14-6-8-15(25-3)16(12-14)26-4/h6,8-10,12-13H,5,7,11H2,1-4H3,(H,20,22)(H,21,23,24). The SMILES string of the molecule is CCC(C)Nc1ccc(NC(=O)CCc2ccc(OC)c(OC)c2)nn1. The number of aromatic nitrogens is 2. The van der Waals surface area contributed by atoms with Crippen molar-refractivity contribution in [2.75, 3.05) is 24.9 Å². The van der Waals surface area contributed by atoms with Crippen LogP contribution in [0.25, 0.3) is 0 Å². The molecule has 0 fully saturated rings. The largest absolute Gasteiger partial charge is 0.493 e. The van der Waals surface area contributed by atoms with Crippen LogP contribution in [0.3, 0.4) is 0 Å². The molecule has 0 bridgehead atoms. The maximum absolute atomic E-state index is 12.1. The molecule has 0 aliphatic carbocycles. The van der Waals surface area contributed by atoms with E-state index in [0.717, 1.165) is 12.0 Å². The Morgan fingerprint density at radius 3 is 2.38 bits per heavy atom. The topological polar surface area (TPSA) is 85.4 Å². The number of hydrogen-bond acceptors (Lipinski definition) is 6. The second-order valence-electron chi connectivity index (χ2n) is 5.99. The summed E-state index contributed by atoms with van der Waals surface area (Å²) in [6, 6.07) is 9.51. The lowest BCUT2D eigenvalue weighted by atomic mass is 10.1. The molecule has 0 aliphatic rings. The van der Waals surface area contributed by atoms with Gasteiger partial charge in [0.15, 0.2) is 17.3 Å². The number of rotatable bonds is 9. The minimum Gasteiger partial charge on any atom is -0.493 e. The Morgan fingerprint density at radius 2 is 1.77 bits per heavy atom. The lowest BCUT2D eigenvalue weighted by Gasteiger charge is -2.11. The summed E-state index contributed by atoms with van der Waals surface area (Å²) in [5.41, 5.74) is 0.997. The number of aryl methyl sites for hydroxylation is 1. The van der Waals surface area contributed by atoms with E-state index in [1.807, 2.05) is 24.3 Å². The third-order valence-electron chi connectivity index (χ3n) is 4.03. The molecule has 1 unspecified atom stereocenters. The number of nitrogens with zero attached hydrogens (tertiary/aromatic N) is 2. The number of hydrogen-bond donors (Lipinski definition) is 2. The predicted molar refractivity (Wildman–Crippen MR) is 102 cm³/mol. The first-order chi connectivity index (χ1) is 12.5. The first-order valence-electron chi connectivity index (χ1n) is 8.66. The Kier molecular flexibility index (Phi) is 7.20. The Hall–Kier alpha value is -2.83. The van der Waals surface area contributed by atoms with Gasteiger partial charge < -0.3 is 20.1 Å². The van der Waals surface area contributed by atoms with Gasteiger partial charge in [-0.2, -0.15) is 0 Å². The first kappa shape index (κ1) is 19.5. The lowest BCUT2D eigenvalue weighted by Crippen LogP contribution is -2.16. The van der Waals surface area contributed by atoms with E-state index in [-0.39, 0.29) is 5.91 Å². The molecule has 7 nitrogen and oxygen atoms in total. The van der Waals surface area contributed by atoms with Gasteiger partial charge in [0.25, 0.3) is 0 Å². The van der Waals surface area contributed by atoms with E-state index in [9.17, 15) is 4.79 Å². The van der Waals surface area contributed by atoms with Crippen molar-refractivity contribution in [1.82, 2.24) is 10.2 Å². The summed E-state index contributed by atoms with van der Waals surface area (Å²) in [6.45, 7) is 4.17. The molecule has 26 heavy (non-hydrogen) atoms. The number of methoxy groups -OCH3 is 2. The van der Waals surface area contributed by atoms with Crippen LogP contribution in [-0.4, -0.2) is 36.4 Å². The molecule has 0 saturated heterocycles. The quantitative estimate of drug-likeness (QED) is 0.715. The van der Waals surface area contributed by atoms with Crippen LogP contribution in [0, 0.1) is 0 Å². The van der Waals surface area contributed by atoms with Gasteiger partial charge in [-0.15, -0.1) is 10.2 Å². The van der Waals surface area contributed by atoms with Crippen molar-refractivity contribution in [2.24, 2.45) is 0 Å². The van der Waals surface area contributed by atoms with Gasteiger partial charge in [0.1, 0.15) is 5.82 Å². The molecule has 140 valence electrons. The van der Waals surface area contributed by atoms with Crippen LogP contribution in [0.4, 0.5) is 11.6 Å². The number of anilines is 2. The molecule has 1 aromatic heterocycles. The van der Waals surface area contributed by atoms with Crippen molar-refractivity contribution in [3.8, 4) is 11.5 Å². The van der Waals surface area contributed by atoms with E-state index in [1.165, 1.54) is 0 Å². The Labute approximate surface area is 154 Å². The highest BCUT2D eigenvalue weighted by molar-refractivity contribution is 5.89. The van der Waals surface area contributed by atoms with Gasteiger partial charge in [-0.1, -0.05) is 13.0 Å². The lowest BCUT2D eigenvalue weighted by molar-refractivity contribution is -0.116. The number of ether oxygens (including phenoxy) is 2. The number of carbonyl (C=O) groups is 1. The molecule has 2 aromatic rings. The minimum atomic E-state index is -0.114. The molecule has 2 rings (SSSR count). The normalized spacial score (nSPS) is 11.5. The van der Waals surface area contributed by atoms with Gasteiger partial charge in [0.2, 0.25) is 5.91 Å². The first-order valence-corrected chi connectivity index (χ1v) is 8.66. The van der Waals surface area contributed by atoms with Gasteiger partial charge in [-0.05, 0) is 49.6 Å². The summed E-state index contributed by atoms with van der Waals surface area (Å²) in [7, 11) is 3.18. The predicted octanol–water partition coefficient (Wildman–Crippen LogP) is 3.28. The summed E-state index contributed by atoms with van der Waals surface area (Å²) in [6.07, 6.45) is 1.92.